The maximum absolute atomic E-state index is 12.6. The number of hydrogen-bond donors (Lipinski definition) is 3. The summed E-state index contributed by atoms with van der Waals surface area (Å²) in [7, 11) is 0. The highest BCUT2D eigenvalue weighted by molar-refractivity contribution is 6.01. The normalized spacial score (nSPS) is 18.9. The molecule has 1 heterocycles. The third kappa shape index (κ3) is 3.31. The van der Waals surface area contributed by atoms with E-state index in [4.69, 9.17) is 0 Å². The van der Waals surface area contributed by atoms with E-state index in [9.17, 15) is 14.7 Å². The van der Waals surface area contributed by atoms with Gasteiger partial charge in [-0.3, -0.25) is 9.59 Å². The van der Waals surface area contributed by atoms with Crippen LogP contribution in [0.25, 0.3) is 0 Å². The summed E-state index contributed by atoms with van der Waals surface area (Å²) in [6, 6.07) is 16.5. The molecule has 124 valence electrons. The lowest BCUT2D eigenvalue weighted by Gasteiger charge is -2.28. The first-order valence-corrected chi connectivity index (χ1v) is 7.92. The van der Waals surface area contributed by atoms with Crippen molar-refractivity contribution in [2.45, 2.75) is 24.9 Å². The molecule has 0 bridgehead atoms. The van der Waals surface area contributed by atoms with Crippen molar-refractivity contribution < 1.29 is 14.7 Å². The lowest BCUT2D eigenvalue weighted by Crippen LogP contribution is -2.42. The molecule has 2 aromatic rings. The Morgan fingerprint density at radius 2 is 1.88 bits per heavy atom. The highest BCUT2D eigenvalue weighted by atomic mass is 16.3. The molecule has 5 heteroatoms. The van der Waals surface area contributed by atoms with Gasteiger partial charge in [0.25, 0.3) is 0 Å². The molecule has 0 aromatic heterocycles. The lowest BCUT2D eigenvalue weighted by atomic mass is 9.89. The first-order chi connectivity index (χ1) is 11.5. The molecule has 0 spiro atoms. The van der Waals surface area contributed by atoms with E-state index in [2.05, 4.69) is 10.6 Å². The van der Waals surface area contributed by atoms with Crippen LogP contribution in [-0.2, 0) is 15.2 Å². The number of amides is 2. The Morgan fingerprint density at radius 1 is 1.21 bits per heavy atom. The van der Waals surface area contributed by atoms with E-state index in [1.807, 2.05) is 48.5 Å². The van der Waals surface area contributed by atoms with Crippen LogP contribution >= 0.6 is 0 Å². The van der Waals surface area contributed by atoms with Gasteiger partial charge in [-0.05, 0) is 24.1 Å². The maximum atomic E-state index is 12.6. The molecule has 0 fully saturated rings. The molecule has 5 nitrogen and oxygen atoms in total. The summed E-state index contributed by atoms with van der Waals surface area (Å²) >= 11 is 0. The fourth-order valence-electron chi connectivity index (χ4n) is 2.93. The number of nitrogens with one attached hydrogen (secondary N) is 2. The zero-order valence-electron chi connectivity index (χ0n) is 13.5. The summed E-state index contributed by atoms with van der Waals surface area (Å²) in [5, 5.41) is 16.1. The van der Waals surface area contributed by atoms with Gasteiger partial charge in [-0.1, -0.05) is 48.5 Å². The topological polar surface area (TPSA) is 78.4 Å². The number of aliphatic hydroxyl groups is 1. The second-order valence-corrected chi connectivity index (χ2v) is 6.25. The Bertz CT molecular complexity index is 756. The van der Waals surface area contributed by atoms with Crippen LogP contribution in [-0.4, -0.2) is 23.5 Å². The van der Waals surface area contributed by atoms with Gasteiger partial charge in [-0.2, -0.15) is 0 Å². The largest absolute Gasteiger partial charge is 0.384 e. The molecular formula is C19H20N2O3. The minimum Gasteiger partial charge on any atom is -0.384 e. The predicted molar refractivity (Wildman–Crippen MR) is 91.5 cm³/mol. The third-order valence-corrected chi connectivity index (χ3v) is 4.32. The Morgan fingerprint density at radius 3 is 2.62 bits per heavy atom. The van der Waals surface area contributed by atoms with Gasteiger partial charge < -0.3 is 15.7 Å². The average molecular weight is 324 g/mol. The first kappa shape index (κ1) is 16.2. The molecule has 24 heavy (non-hydrogen) atoms. The number of benzene rings is 2. The van der Waals surface area contributed by atoms with Crippen LogP contribution in [0.15, 0.2) is 54.6 Å². The fourth-order valence-corrected chi connectivity index (χ4v) is 2.93. The molecule has 2 amide bonds. The maximum Gasteiger partial charge on any atom is 0.228 e. The van der Waals surface area contributed by atoms with E-state index in [-0.39, 0.29) is 24.8 Å². The Kier molecular flexibility index (Phi) is 4.36. The third-order valence-electron chi connectivity index (χ3n) is 4.32. The second kappa shape index (κ2) is 6.45. The molecule has 1 aliphatic rings. The molecule has 1 aliphatic heterocycles. The molecule has 3 N–H and O–H groups in total. The van der Waals surface area contributed by atoms with Gasteiger partial charge in [-0.25, -0.2) is 0 Å². The zero-order chi connectivity index (χ0) is 17.2. The summed E-state index contributed by atoms with van der Waals surface area (Å²) in [5.74, 6) is -0.973. The van der Waals surface area contributed by atoms with Gasteiger partial charge in [0.2, 0.25) is 11.8 Å². The lowest BCUT2D eigenvalue weighted by molar-refractivity contribution is -0.127. The molecular weight excluding hydrogens is 304 g/mol. The molecule has 2 unspecified atom stereocenters. The Balaban J connectivity index is 1.73. The van der Waals surface area contributed by atoms with E-state index in [1.165, 1.54) is 0 Å². The van der Waals surface area contributed by atoms with Crippen molar-refractivity contribution in [3.63, 3.8) is 0 Å². The van der Waals surface area contributed by atoms with Crippen molar-refractivity contribution in [2.24, 2.45) is 0 Å². The van der Waals surface area contributed by atoms with Crippen LogP contribution in [0.4, 0.5) is 5.69 Å². The van der Waals surface area contributed by atoms with Gasteiger partial charge >= 0.3 is 0 Å². The smallest absolute Gasteiger partial charge is 0.228 e. The molecule has 2 aromatic carbocycles. The minimum absolute atomic E-state index is 0.0795. The molecule has 0 radical (unpaired) electrons. The fraction of sp³-hybridized carbons (Fsp3) is 0.263. The van der Waals surface area contributed by atoms with E-state index < -0.39 is 11.5 Å². The molecule has 0 aliphatic carbocycles. The quantitative estimate of drug-likeness (QED) is 0.806. The minimum atomic E-state index is -1.17. The monoisotopic (exact) mass is 324 g/mol. The van der Waals surface area contributed by atoms with Crippen LogP contribution < -0.4 is 10.6 Å². The Labute approximate surface area is 140 Å². The van der Waals surface area contributed by atoms with Crippen molar-refractivity contribution in [3.8, 4) is 0 Å². The van der Waals surface area contributed by atoms with Crippen molar-refractivity contribution in [2.75, 3.05) is 11.9 Å². The van der Waals surface area contributed by atoms with Crippen molar-refractivity contribution in [1.82, 2.24) is 5.32 Å². The van der Waals surface area contributed by atoms with Crippen LogP contribution in [0.2, 0.25) is 0 Å². The Hall–Kier alpha value is -2.66. The van der Waals surface area contributed by atoms with Crippen molar-refractivity contribution in [1.29, 1.82) is 0 Å². The summed E-state index contributed by atoms with van der Waals surface area (Å²) in [4.78, 5) is 24.4. The van der Waals surface area contributed by atoms with E-state index in [0.717, 1.165) is 11.1 Å². The summed E-state index contributed by atoms with van der Waals surface area (Å²) in [6.07, 6.45) is 0.107. The molecule has 0 saturated heterocycles. The zero-order valence-corrected chi connectivity index (χ0v) is 13.5. The van der Waals surface area contributed by atoms with Crippen molar-refractivity contribution >= 4 is 17.5 Å². The second-order valence-electron chi connectivity index (χ2n) is 6.25. The SMILES string of the molecule is CC(O)(CNC(=O)C1CC(=O)Nc2ccccc21)c1ccccc1. The van der Waals surface area contributed by atoms with Gasteiger partial charge in [0.05, 0.1) is 12.5 Å². The number of hydrogen-bond acceptors (Lipinski definition) is 3. The number of anilines is 1. The molecule has 3 rings (SSSR count). The van der Waals surface area contributed by atoms with Gasteiger partial charge in [-0.15, -0.1) is 0 Å². The number of para-hydroxylation sites is 1. The average Bonchev–Trinajstić information content (AvgIpc) is 2.59. The van der Waals surface area contributed by atoms with E-state index in [1.54, 1.807) is 13.0 Å². The van der Waals surface area contributed by atoms with Crippen LogP contribution in [0, 0.1) is 0 Å². The van der Waals surface area contributed by atoms with Gasteiger partial charge in [0, 0.05) is 12.1 Å². The van der Waals surface area contributed by atoms with E-state index >= 15 is 0 Å². The highest BCUT2D eigenvalue weighted by Gasteiger charge is 2.32. The van der Waals surface area contributed by atoms with Crippen molar-refractivity contribution in [3.05, 3.63) is 65.7 Å². The number of carbonyl (C=O) groups is 2. The molecule has 2 atom stereocenters. The predicted octanol–water partition coefficient (Wildman–Crippen LogP) is 2.14. The summed E-state index contributed by atoms with van der Waals surface area (Å²) in [6.45, 7) is 1.74. The summed E-state index contributed by atoms with van der Waals surface area (Å²) < 4.78 is 0. The van der Waals surface area contributed by atoms with Crippen LogP contribution in [0.1, 0.15) is 30.4 Å². The number of fused-ring (bicyclic) bond motifs is 1. The van der Waals surface area contributed by atoms with E-state index in [0.29, 0.717) is 5.69 Å². The van der Waals surface area contributed by atoms with Gasteiger partial charge in [0.1, 0.15) is 5.60 Å². The molecule has 0 saturated carbocycles. The highest BCUT2D eigenvalue weighted by Crippen LogP contribution is 2.32. The first-order valence-electron chi connectivity index (χ1n) is 7.92. The summed E-state index contributed by atoms with van der Waals surface area (Å²) in [5.41, 5.74) is 1.03. The number of rotatable bonds is 4. The van der Waals surface area contributed by atoms with Crippen LogP contribution in [0.3, 0.4) is 0 Å². The van der Waals surface area contributed by atoms with Gasteiger partial charge in [0.15, 0.2) is 0 Å². The number of carbonyl (C=O) groups excluding carboxylic acids is 2. The standard InChI is InChI=1S/C19H20N2O3/c1-19(24,13-7-3-2-4-8-13)12-20-18(23)15-11-17(22)21-16-10-6-5-9-14(15)16/h2-10,15,24H,11-12H2,1H3,(H,20,23)(H,21,22). The van der Waals surface area contributed by atoms with Crippen LogP contribution in [0.5, 0.6) is 0 Å².